The largest absolute Gasteiger partial charge is 1.00 e. The van der Waals surface area contributed by atoms with Crippen LogP contribution in [-0.2, 0) is 13.6 Å². The average molecular weight is 362 g/mol. The van der Waals surface area contributed by atoms with Crippen LogP contribution in [0.5, 0.6) is 0 Å². The molecule has 0 aliphatic heterocycles. The topological polar surface area (TPSA) is 8.81 Å². The molecule has 2 nitrogen and oxygen atoms in total. The number of rotatable bonds is 4. The van der Waals surface area contributed by atoms with Crippen LogP contribution in [0.3, 0.4) is 0 Å². The Morgan fingerprint density at radius 1 is 1.24 bits per heavy atom. The van der Waals surface area contributed by atoms with Crippen LogP contribution in [0.4, 0.5) is 0 Å². The third-order valence-corrected chi connectivity index (χ3v) is 3.74. The second-order valence-corrected chi connectivity index (χ2v) is 4.94. The Labute approximate surface area is 122 Å². The number of halogens is 2. The van der Waals surface area contributed by atoms with E-state index in [4.69, 9.17) is 0 Å². The number of unbranched alkanes of at least 4 members (excludes halogenated alkanes) is 1. The molecule has 0 aliphatic rings. The van der Waals surface area contributed by atoms with Gasteiger partial charge >= 0.3 is 0 Å². The molecule has 2 aromatic rings. The molecular formula is C13H18Br2N2. The summed E-state index contributed by atoms with van der Waals surface area (Å²) in [5, 5.41) is 1.09. The number of benzene rings is 1. The van der Waals surface area contributed by atoms with Gasteiger partial charge < -0.3 is 17.0 Å². The average Bonchev–Trinajstić information content (AvgIpc) is 2.55. The van der Waals surface area contributed by atoms with Crippen LogP contribution < -0.4 is 21.5 Å². The van der Waals surface area contributed by atoms with E-state index in [0.29, 0.717) is 0 Å². The van der Waals surface area contributed by atoms with Crippen molar-refractivity contribution in [1.29, 1.82) is 0 Å². The summed E-state index contributed by atoms with van der Waals surface area (Å²) in [6.07, 6.45) is 2.46. The Balaban J connectivity index is 0.00000144. The van der Waals surface area contributed by atoms with Gasteiger partial charge in [0.1, 0.15) is 0 Å². The van der Waals surface area contributed by atoms with E-state index in [9.17, 15) is 0 Å². The number of hydrogen-bond acceptors (Lipinski definition) is 0. The van der Waals surface area contributed by atoms with Crippen molar-refractivity contribution in [2.45, 2.75) is 26.3 Å². The highest BCUT2D eigenvalue weighted by atomic mass is 79.9. The molecule has 1 aromatic carbocycles. The van der Waals surface area contributed by atoms with Gasteiger partial charge in [-0.25, -0.2) is 9.13 Å². The number of nitrogens with zero attached hydrogens (tertiary/aromatic N) is 2. The van der Waals surface area contributed by atoms with Gasteiger partial charge in [0.25, 0.3) is 5.82 Å². The Bertz CT molecular complexity index is 491. The van der Waals surface area contributed by atoms with Gasteiger partial charge in [-0.3, -0.25) is 0 Å². The normalized spacial score (nSPS) is 10.5. The number of fused-ring (bicyclic) bond motifs is 1. The van der Waals surface area contributed by atoms with Crippen LogP contribution in [0.1, 0.15) is 18.7 Å². The second kappa shape index (κ2) is 6.55. The molecule has 0 aliphatic carbocycles. The maximum Gasteiger partial charge on any atom is 0.253 e. The molecule has 2 rings (SSSR count). The highest BCUT2D eigenvalue weighted by molar-refractivity contribution is 9.09. The van der Waals surface area contributed by atoms with E-state index in [2.05, 4.69) is 63.3 Å². The minimum absolute atomic E-state index is 0. The molecule has 17 heavy (non-hydrogen) atoms. The standard InChI is InChI=1S/C13H18BrN2.BrH/c1-11-15(2)12-7-3-4-8-13(12)16(11)10-6-5-9-14;/h3-4,7-8H,5-6,9-10H2,1-2H3;1H/q+1;/p-1. The molecule has 0 amide bonds. The highest BCUT2D eigenvalue weighted by Crippen LogP contribution is 2.14. The Morgan fingerprint density at radius 2 is 1.94 bits per heavy atom. The molecule has 0 bridgehead atoms. The van der Waals surface area contributed by atoms with Crippen molar-refractivity contribution in [1.82, 2.24) is 4.57 Å². The van der Waals surface area contributed by atoms with Crippen LogP contribution in [0.2, 0.25) is 0 Å². The molecule has 0 fully saturated rings. The van der Waals surface area contributed by atoms with Gasteiger partial charge in [-0.1, -0.05) is 28.1 Å². The molecule has 0 spiro atoms. The molecule has 0 saturated heterocycles. The first-order valence-electron chi connectivity index (χ1n) is 5.75. The summed E-state index contributed by atoms with van der Waals surface area (Å²) < 4.78 is 4.68. The lowest BCUT2D eigenvalue weighted by molar-refractivity contribution is -0.652. The summed E-state index contributed by atoms with van der Waals surface area (Å²) in [5.41, 5.74) is 2.66. The molecule has 1 aromatic heterocycles. The molecule has 4 heteroatoms. The fourth-order valence-electron chi connectivity index (χ4n) is 2.15. The lowest BCUT2D eigenvalue weighted by atomic mass is 10.3. The third kappa shape index (κ3) is 2.91. The minimum Gasteiger partial charge on any atom is -1.00 e. The predicted molar refractivity (Wildman–Crippen MR) is 70.9 cm³/mol. The lowest BCUT2D eigenvalue weighted by Crippen LogP contribution is -3.00. The Hall–Kier alpha value is -0.350. The van der Waals surface area contributed by atoms with E-state index in [1.165, 1.54) is 29.7 Å². The van der Waals surface area contributed by atoms with Crippen molar-refractivity contribution in [3.63, 3.8) is 0 Å². The summed E-state index contributed by atoms with van der Waals surface area (Å²) in [4.78, 5) is 0. The predicted octanol–water partition coefficient (Wildman–Crippen LogP) is -0.0467. The monoisotopic (exact) mass is 360 g/mol. The maximum atomic E-state index is 3.48. The van der Waals surface area contributed by atoms with Crippen molar-refractivity contribution in [3.05, 3.63) is 30.1 Å². The maximum absolute atomic E-state index is 3.48. The molecule has 94 valence electrons. The van der Waals surface area contributed by atoms with E-state index < -0.39 is 0 Å². The Kier molecular flexibility index (Phi) is 5.67. The second-order valence-electron chi connectivity index (χ2n) is 4.14. The molecule has 0 saturated carbocycles. The van der Waals surface area contributed by atoms with Crippen LogP contribution >= 0.6 is 15.9 Å². The molecule has 0 unspecified atom stereocenters. The molecule has 1 heterocycles. The Morgan fingerprint density at radius 3 is 2.65 bits per heavy atom. The summed E-state index contributed by atoms with van der Waals surface area (Å²) in [6.45, 7) is 3.30. The van der Waals surface area contributed by atoms with Gasteiger partial charge in [0.05, 0.1) is 13.6 Å². The number of aromatic nitrogens is 2. The number of imidazole rings is 1. The third-order valence-electron chi connectivity index (χ3n) is 3.18. The van der Waals surface area contributed by atoms with Gasteiger partial charge in [-0.2, -0.15) is 0 Å². The first-order valence-corrected chi connectivity index (χ1v) is 6.87. The number of aryl methyl sites for hydroxylation is 2. The van der Waals surface area contributed by atoms with E-state index in [1.807, 2.05) is 0 Å². The fraction of sp³-hybridized carbons (Fsp3) is 0.462. The first-order chi connectivity index (χ1) is 7.75. The van der Waals surface area contributed by atoms with Crippen molar-refractivity contribution in [2.75, 3.05) is 5.33 Å². The zero-order valence-corrected chi connectivity index (χ0v) is 13.5. The smallest absolute Gasteiger partial charge is 0.253 e. The van der Waals surface area contributed by atoms with Gasteiger partial charge in [0.2, 0.25) is 0 Å². The minimum atomic E-state index is 0. The fourth-order valence-corrected chi connectivity index (χ4v) is 2.55. The van der Waals surface area contributed by atoms with Gasteiger partial charge in [-0.05, 0) is 25.0 Å². The summed E-state index contributed by atoms with van der Waals surface area (Å²) in [7, 11) is 2.14. The zero-order chi connectivity index (χ0) is 11.5. The van der Waals surface area contributed by atoms with Crippen molar-refractivity contribution in [2.24, 2.45) is 7.05 Å². The van der Waals surface area contributed by atoms with Gasteiger partial charge in [0, 0.05) is 12.3 Å². The number of hydrogen-bond donors (Lipinski definition) is 0. The lowest BCUT2D eigenvalue weighted by Gasteiger charge is -1.98. The summed E-state index contributed by atoms with van der Waals surface area (Å²) >= 11 is 3.48. The number of alkyl halides is 1. The van der Waals surface area contributed by atoms with Crippen LogP contribution in [-0.4, -0.2) is 9.90 Å². The van der Waals surface area contributed by atoms with Gasteiger partial charge in [-0.15, -0.1) is 0 Å². The molecule has 0 atom stereocenters. The van der Waals surface area contributed by atoms with E-state index >= 15 is 0 Å². The van der Waals surface area contributed by atoms with E-state index in [0.717, 1.165) is 11.9 Å². The van der Waals surface area contributed by atoms with Crippen molar-refractivity contribution in [3.8, 4) is 0 Å². The molecular weight excluding hydrogens is 344 g/mol. The van der Waals surface area contributed by atoms with Crippen LogP contribution in [0.15, 0.2) is 24.3 Å². The number of para-hydroxylation sites is 2. The summed E-state index contributed by atoms with van der Waals surface area (Å²) in [6, 6.07) is 8.60. The van der Waals surface area contributed by atoms with Crippen LogP contribution in [0, 0.1) is 6.92 Å². The quantitative estimate of drug-likeness (QED) is 0.410. The van der Waals surface area contributed by atoms with E-state index in [1.54, 1.807) is 0 Å². The summed E-state index contributed by atoms with van der Waals surface area (Å²) in [5.74, 6) is 1.33. The zero-order valence-electron chi connectivity index (χ0n) is 10.3. The first kappa shape index (κ1) is 14.7. The highest BCUT2D eigenvalue weighted by Gasteiger charge is 2.17. The molecule has 0 N–H and O–H groups in total. The van der Waals surface area contributed by atoms with E-state index in [-0.39, 0.29) is 17.0 Å². The van der Waals surface area contributed by atoms with Gasteiger partial charge in [0.15, 0.2) is 11.0 Å². The SMILES string of the molecule is Cc1n(CCCCBr)c2ccccc2[n+]1C.[Br-]. The van der Waals surface area contributed by atoms with Crippen molar-refractivity contribution >= 4 is 27.0 Å². The van der Waals surface area contributed by atoms with Crippen molar-refractivity contribution < 1.29 is 21.5 Å². The molecule has 0 radical (unpaired) electrons. The van der Waals surface area contributed by atoms with Crippen LogP contribution in [0.25, 0.3) is 11.0 Å².